The molecule has 5 nitrogen and oxygen atoms in total. The molecular weight excluding hydrogens is 298 g/mol. The fraction of sp³-hybridized carbons (Fsp3) is 0.263. The molecule has 5 heteroatoms. The fourth-order valence-electron chi connectivity index (χ4n) is 2.75. The Balaban J connectivity index is 1.51. The van der Waals surface area contributed by atoms with Gasteiger partial charge in [-0.25, -0.2) is 0 Å². The molecule has 2 aromatic heterocycles. The number of aromatic nitrogens is 2. The van der Waals surface area contributed by atoms with E-state index in [0.717, 1.165) is 30.3 Å². The molecule has 0 spiro atoms. The number of para-hydroxylation sites is 1. The lowest BCUT2D eigenvalue weighted by Gasteiger charge is -2.11. The molecule has 0 fully saturated rings. The zero-order valence-corrected chi connectivity index (χ0v) is 14.1. The van der Waals surface area contributed by atoms with E-state index in [1.54, 1.807) is 7.05 Å². The fourth-order valence-corrected chi connectivity index (χ4v) is 2.75. The summed E-state index contributed by atoms with van der Waals surface area (Å²) in [5.41, 5.74) is 4.53. The third kappa shape index (κ3) is 3.93. The largest absolute Gasteiger partial charge is 0.361 e. The zero-order valence-electron chi connectivity index (χ0n) is 14.1. The number of rotatable bonds is 5. The Bertz CT molecular complexity index is 834. The Labute approximate surface area is 142 Å². The van der Waals surface area contributed by atoms with Gasteiger partial charge in [0.15, 0.2) is 5.96 Å². The lowest BCUT2D eigenvalue weighted by atomic mass is 10.1. The first-order valence-corrected chi connectivity index (χ1v) is 8.18. The minimum atomic E-state index is 0.661. The summed E-state index contributed by atoms with van der Waals surface area (Å²) in [6, 6.07) is 14.4. The molecular formula is C19H23N5. The van der Waals surface area contributed by atoms with Gasteiger partial charge in [-0.3, -0.25) is 9.98 Å². The normalized spacial score (nSPS) is 11.7. The lowest BCUT2D eigenvalue weighted by Crippen LogP contribution is -2.38. The second-order valence-electron chi connectivity index (χ2n) is 5.73. The number of H-pyrrole nitrogens is 1. The number of aliphatic imine (C=N–C) groups is 1. The second-order valence-corrected chi connectivity index (χ2v) is 5.73. The summed E-state index contributed by atoms with van der Waals surface area (Å²) in [7, 11) is 1.78. The first-order valence-electron chi connectivity index (χ1n) is 8.18. The van der Waals surface area contributed by atoms with Crippen LogP contribution >= 0.6 is 0 Å². The van der Waals surface area contributed by atoms with Crippen molar-refractivity contribution in [1.82, 2.24) is 20.6 Å². The van der Waals surface area contributed by atoms with E-state index in [1.165, 1.54) is 16.5 Å². The van der Waals surface area contributed by atoms with Crippen LogP contribution in [0.4, 0.5) is 0 Å². The molecule has 24 heavy (non-hydrogen) atoms. The highest BCUT2D eigenvalue weighted by Crippen LogP contribution is 2.17. The third-order valence-electron chi connectivity index (χ3n) is 3.97. The summed E-state index contributed by atoms with van der Waals surface area (Å²) < 4.78 is 0. The van der Waals surface area contributed by atoms with Gasteiger partial charge in [-0.05, 0) is 37.1 Å². The molecule has 0 saturated carbocycles. The monoisotopic (exact) mass is 321 g/mol. The van der Waals surface area contributed by atoms with Crippen LogP contribution < -0.4 is 10.6 Å². The summed E-state index contributed by atoms with van der Waals surface area (Å²) in [5, 5.41) is 7.94. The van der Waals surface area contributed by atoms with Crippen LogP contribution in [0.2, 0.25) is 0 Å². The minimum absolute atomic E-state index is 0.661. The van der Waals surface area contributed by atoms with Crippen molar-refractivity contribution < 1.29 is 0 Å². The Morgan fingerprint density at radius 1 is 1.12 bits per heavy atom. The van der Waals surface area contributed by atoms with Crippen molar-refractivity contribution in [2.24, 2.45) is 4.99 Å². The van der Waals surface area contributed by atoms with Crippen LogP contribution in [0.5, 0.6) is 0 Å². The molecule has 0 bridgehead atoms. The average Bonchev–Trinajstić information content (AvgIpc) is 3.01. The highest BCUT2D eigenvalue weighted by atomic mass is 15.2. The van der Waals surface area contributed by atoms with Crippen LogP contribution in [0.1, 0.15) is 17.0 Å². The zero-order chi connectivity index (χ0) is 16.8. The van der Waals surface area contributed by atoms with Crippen LogP contribution in [-0.4, -0.2) is 29.5 Å². The number of fused-ring (bicyclic) bond motifs is 1. The van der Waals surface area contributed by atoms with E-state index in [1.807, 2.05) is 31.2 Å². The Morgan fingerprint density at radius 2 is 2.00 bits per heavy atom. The van der Waals surface area contributed by atoms with E-state index in [9.17, 15) is 0 Å². The molecule has 0 aliphatic carbocycles. The SMILES string of the molecule is CN=C(NCCc1c[nH]c2ccccc12)NCc1cccc(C)n1. The van der Waals surface area contributed by atoms with Crippen LogP contribution in [-0.2, 0) is 13.0 Å². The van der Waals surface area contributed by atoms with Crippen LogP contribution in [0.15, 0.2) is 53.7 Å². The molecule has 0 unspecified atom stereocenters. The van der Waals surface area contributed by atoms with Gasteiger partial charge in [0.05, 0.1) is 12.2 Å². The predicted octanol–water partition coefficient (Wildman–Crippen LogP) is 2.78. The Morgan fingerprint density at radius 3 is 2.83 bits per heavy atom. The number of pyridine rings is 1. The predicted molar refractivity (Wildman–Crippen MR) is 99.2 cm³/mol. The highest BCUT2D eigenvalue weighted by molar-refractivity contribution is 5.83. The maximum absolute atomic E-state index is 4.49. The molecule has 3 rings (SSSR count). The number of guanidine groups is 1. The number of hydrogen-bond donors (Lipinski definition) is 3. The maximum atomic E-state index is 4.49. The summed E-state index contributed by atoms with van der Waals surface area (Å²) in [5.74, 6) is 0.790. The van der Waals surface area contributed by atoms with Gasteiger partial charge in [0, 0.05) is 36.4 Å². The van der Waals surface area contributed by atoms with Gasteiger partial charge in [0.1, 0.15) is 0 Å². The van der Waals surface area contributed by atoms with Gasteiger partial charge in [0.25, 0.3) is 0 Å². The first-order chi connectivity index (χ1) is 11.8. The number of hydrogen-bond acceptors (Lipinski definition) is 2. The minimum Gasteiger partial charge on any atom is -0.361 e. The van der Waals surface area contributed by atoms with Gasteiger partial charge < -0.3 is 15.6 Å². The maximum Gasteiger partial charge on any atom is 0.191 e. The van der Waals surface area contributed by atoms with Crippen molar-refractivity contribution in [1.29, 1.82) is 0 Å². The highest BCUT2D eigenvalue weighted by Gasteiger charge is 2.04. The van der Waals surface area contributed by atoms with E-state index in [-0.39, 0.29) is 0 Å². The molecule has 3 aromatic rings. The molecule has 0 radical (unpaired) electrons. The number of aromatic amines is 1. The summed E-state index contributed by atoms with van der Waals surface area (Å²) in [4.78, 5) is 12.1. The van der Waals surface area contributed by atoms with Crippen molar-refractivity contribution in [2.75, 3.05) is 13.6 Å². The lowest BCUT2D eigenvalue weighted by molar-refractivity contribution is 0.783. The van der Waals surface area contributed by atoms with Crippen molar-refractivity contribution in [3.05, 3.63) is 65.6 Å². The van der Waals surface area contributed by atoms with Gasteiger partial charge in [-0.1, -0.05) is 24.3 Å². The first kappa shape index (κ1) is 16.1. The molecule has 0 saturated heterocycles. The van der Waals surface area contributed by atoms with Crippen molar-refractivity contribution in [2.45, 2.75) is 19.9 Å². The third-order valence-corrected chi connectivity index (χ3v) is 3.97. The number of nitrogens with zero attached hydrogens (tertiary/aromatic N) is 2. The molecule has 3 N–H and O–H groups in total. The van der Waals surface area contributed by atoms with Gasteiger partial charge in [-0.2, -0.15) is 0 Å². The summed E-state index contributed by atoms with van der Waals surface area (Å²) >= 11 is 0. The Hall–Kier alpha value is -2.82. The quantitative estimate of drug-likeness (QED) is 0.500. The van der Waals surface area contributed by atoms with Crippen LogP contribution in [0, 0.1) is 6.92 Å². The molecule has 0 aliphatic rings. The van der Waals surface area contributed by atoms with Gasteiger partial charge >= 0.3 is 0 Å². The molecule has 0 amide bonds. The molecule has 124 valence electrons. The number of aryl methyl sites for hydroxylation is 1. The van der Waals surface area contributed by atoms with E-state index in [0.29, 0.717) is 6.54 Å². The van der Waals surface area contributed by atoms with E-state index >= 15 is 0 Å². The molecule has 1 aromatic carbocycles. The number of benzene rings is 1. The van der Waals surface area contributed by atoms with Crippen molar-refractivity contribution in [3.8, 4) is 0 Å². The smallest absolute Gasteiger partial charge is 0.191 e. The standard InChI is InChI=1S/C19H23N5/c1-14-6-5-7-16(24-14)13-23-19(20-2)21-11-10-15-12-22-18-9-4-3-8-17(15)18/h3-9,12,22H,10-11,13H2,1-2H3,(H2,20,21,23). The van der Waals surface area contributed by atoms with Crippen LogP contribution in [0.3, 0.4) is 0 Å². The molecule has 2 heterocycles. The second kappa shape index (κ2) is 7.64. The van der Waals surface area contributed by atoms with Gasteiger partial charge in [-0.15, -0.1) is 0 Å². The average molecular weight is 321 g/mol. The Kier molecular flexibility index (Phi) is 5.11. The van der Waals surface area contributed by atoms with Gasteiger partial charge in [0.2, 0.25) is 0 Å². The van der Waals surface area contributed by atoms with Crippen LogP contribution in [0.25, 0.3) is 10.9 Å². The summed E-state index contributed by atoms with van der Waals surface area (Å²) in [6.07, 6.45) is 3.02. The summed E-state index contributed by atoms with van der Waals surface area (Å²) in [6.45, 7) is 3.48. The molecule has 0 aliphatic heterocycles. The number of nitrogens with one attached hydrogen (secondary N) is 3. The van der Waals surface area contributed by atoms with E-state index in [2.05, 4.69) is 50.0 Å². The van der Waals surface area contributed by atoms with E-state index in [4.69, 9.17) is 0 Å². The topological polar surface area (TPSA) is 65.1 Å². The molecule has 0 atom stereocenters. The van der Waals surface area contributed by atoms with Crippen molar-refractivity contribution in [3.63, 3.8) is 0 Å². The van der Waals surface area contributed by atoms with Crippen molar-refractivity contribution >= 4 is 16.9 Å². The van der Waals surface area contributed by atoms with E-state index < -0.39 is 0 Å².